The molecule has 2 N–H and O–H groups in total. The molecule has 6 nitrogen and oxygen atoms in total. The lowest BCUT2D eigenvalue weighted by molar-refractivity contribution is -0.121. The Labute approximate surface area is 137 Å². The van der Waals surface area contributed by atoms with Crippen molar-refractivity contribution in [3.05, 3.63) is 23.9 Å². The number of pyridine rings is 1. The average molecular weight is 318 g/mol. The molecule has 2 atom stereocenters. The minimum Gasteiger partial charge on any atom is -0.375 e. The van der Waals surface area contributed by atoms with Gasteiger partial charge in [0.15, 0.2) is 0 Å². The van der Waals surface area contributed by atoms with Gasteiger partial charge >= 0.3 is 0 Å². The van der Waals surface area contributed by atoms with Gasteiger partial charge in [0, 0.05) is 38.3 Å². The molecule has 1 aromatic heterocycles. The van der Waals surface area contributed by atoms with Crippen LogP contribution in [-0.4, -0.2) is 49.3 Å². The molecule has 3 heterocycles. The molecule has 2 saturated heterocycles. The third-order valence-corrected chi connectivity index (χ3v) is 4.46. The van der Waals surface area contributed by atoms with Crippen LogP contribution in [0.25, 0.3) is 0 Å². The van der Waals surface area contributed by atoms with Gasteiger partial charge in [0.05, 0.1) is 12.7 Å². The van der Waals surface area contributed by atoms with Gasteiger partial charge in [0.1, 0.15) is 5.82 Å². The number of rotatable bonds is 5. The lowest BCUT2D eigenvalue weighted by atomic mass is 10.1. The number of morpholine rings is 1. The molecule has 1 amide bonds. The molecule has 3 rings (SSSR count). The number of hydrogen-bond acceptors (Lipinski definition) is 5. The Morgan fingerprint density at radius 1 is 1.52 bits per heavy atom. The standard InChI is InChI=1S/C17H26N4O2/c1-13-12-21(7-8-23-13)16-5-4-14(10-19-16)11-20-17(22)9-15-3-2-6-18-15/h4-5,10,13,15,18H,2-3,6-9,11-12H2,1H3,(H,20,22). The largest absolute Gasteiger partial charge is 0.375 e. The van der Waals surface area contributed by atoms with Crippen LogP contribution in [0.2, 0.25) is 0 Å². The molecule has 0 radical (unpaired) electrons. The normalized spacial score (nSPS) is 24.7. The van der Waals surface area contributed by atoms with Gasteiger partial charge < -0.3 is 20.3 Å². The van der Waals surface area contributed by atoms with Crippen molar-refractivity contribution in [2.24, 2.45) is 0 Å². The summed E-state index contributed by atoms with van der Waals surface area (Å²) in [5.74, 6) is 1.08. The van der Waals surface area contributed by atoms with E-state index in [1.807, 2.05) is 18.3 Å². The molecule has 6 heteroatoms. The van der Waals surface area contributed by atoms with Crippen LogP contribution in [0.5, 0.6) is 0 Å². The van der Waals surface area contributed by atoms with Crippen molar-refractivity contribution in [2.45, 2.75) is 44.9 Å². The summed E-state index contributed by atoms with van der Waals surface area (Å²) in [7, 11) is 0. The van der Waals surface area contributed by atoms with Gasteiger partial charge in [0.25, 0.3) is 0 Å². The Morgan fingerprint density at radius 3 is 3.13 bits per heavy atom. The first kappa shape index (κ1) is 16.2. The van der Waals surface area contributed by atoms with Gasteiger partial charge in [-0.25, -0.2) is 4.98 Å². The second kappa shape index (κ2) is 7.75. The molecule has 2 aliphatic rings. The fourth-order valence-corrected chi connectivity index (χ4v) is 3.16. The van der Waals surface area contributed by atoms with Gasteiger partial charge in [-0.1, -0.05) is 6.07 Å². The zero-order chi connectivity index (χ0) is 16.1. The summed E-state index contributed by atoms with van der Waals surface area (Å²) in [4.78, 5) is 18.7. The maximum atomic E-state index is 11.9. The topological polar surface area (TPSA) is 66.5 Å². The van der Waals surface area contributed by atoms with Gasteiger partial charge in [0.2, 0.25) is 5.91 Å². The summed E-state index contributed by atoms with van der Waals surface area (Å²) >= 11 is 0. The Morgan fingerprint density at radius 2 is 2.43 bits per heavy atom. The number of ether oxygens (including phenoxy) is 1. The molecular formula is C17H26N4O2. The predicted octanol–water partition coefficient (Wildman–Crippen LogP) is 1.06. The molecule has 2 fully saturated rings. The highest BCUT2D eigenvalue weighted by atomic mass is 16.5. The predicted molar refractivity (Wildman–Crippen MR) is 89.4 cm³/mol. The number of amides is 1. The fraction of sp³-hybridized carbons (Fsp3) is 0.647. The third-order valence-electron chi connectivity index (χ3n) is 4.46. The molecule has 1 aromatic rings. The van der Waals surface area contributed by atoms with E-state index in [1.165, 1.54) is 6.42 Å². The van der Waals surface area contributed by atoms with Crippen molar-refractivity contribution in [3.8, 4) is 0 Å². The minimum atomic E-state index is 0.107. The molecule has 0 aliphatic carbocycles. The minimum absolute atomic E-state index is 0.107. The number of carbonyl (C=O) groups excluding carboxylic acids is 1. The maximum Gasteiger partial charge on any atom is 0.221 e. The van der Waals surface area contributed by atoms with Crippen molar-refractivity contribution >= 4 is 11.7 Å². The molecule has 0 saturated carbocycles. The Balaban J connectivity index is 1.46. The molecule has 126 valence electrons. The SMILES string of the molecule is CC1CN(c2ccc(CNC(=O)CC3CCCN3)cn2)CCO1. The summed E-state index contributed by atoms with van der Waals surface area (Å²) in [6.07, 6.45) is 4.93. The van der Waals surface area contributed by atoms with Gasteiger partial charge in [-0.05, 0) is 37.9 Å². The summed E-state index contributed by atoms with van der Waals surface area (Å²) in [6, 6.07) is 4.41. The highest BCUT2D eigenvalue weighted by Gasteiger charge is 2.18. The zero-order valence-electron chi connectivity index (χ0n) is 13.8. The van der Waals surface area contributed by atoms with Crippen LogP contribution in [0.4, 0.5) is 5.82 Å². The second-order valence-corrected chi connectivity index (χ2v) is 6.43. The summed E-state index contributed by atoms with van der Waals surface area (Å²) in [6.45, 7) is 6.15. The van der Waals surface area contributed by atoms with E-state index in [0.717, 1.165) is 44.0 Å². The number of hydrogen-bond donors (Lipinski definition) is 2. The van der Waals surface area contributed by atoms with Crippen molar-refractivity contribution in [2.75, 3.05) is 31.1 Å². The molecular weight excluding hydrogens is 292 g/mol. The van der Waals surface area contributed by atoms with Crippen molar-refractivity contribution in [1.29, 1.82) is 0 Å². The van der Waals surface area contributed by atoms with Gasteiger partial charge in [-0.2, -0.15) is 0 Å². The van der Waals surface area contributed by atoms with E-state index in [2.05, 4.69) is 27.4 Å². The highest BCUT2D eigenvalue weighted by molar-refractivity contribution is 5.76. The monoisotopic (exact) mass is 318 g/mol. The van der Waals surface area contributed by atoms with Crippen molar-refractivity contribution in [3.63, 3.8) is 0 Å². The van der Waals surface area contributed by atoms with Crippen LogP contribution in [0.1, 0.15) is 31.7 Å². The fourth-order valence-electron chi connectivity index (χ4n) is 3.16. The number of nitrogens with one attached hydrogen (secondary N) is 2. The van der Waals surface area contributed by atoms with Crippen LogP contribution < -0.4 is 15.5 Å². The van der Waals surface area contributed by atoms with Crippen LogP contribution in [-0.2, 0) is 16.1 Å². The van der Waals surface area contributed by atoms with Crippen molar-refractivity contribution in [1.82, 2.24) is 15.6 Å². The van der Waals surface area contributed by atoms with E-state index in [9.17, 15) is 4.79 Å². The summed E-state index contributed by atoms with van der Waals surface area (Å²) < 4.78 is 5.55. The molecule has 0 aromatic carbocycles. The van der Waals surface area contributed by atoms with E-state index in [-0.39, 0.29) is 12.0 Å². The third kappa shape index (κ3) is 4.65. The average Bonchev–Trinajstić information content (AvgIpc) is 3.06. The van der Waals surface area contributed by atoms with Crippen LogP contribution in [0.3, 0.4) is 0 Å². The van der Waals surface area contributed by atoms with E-state index >= 15 is 0 Å². The summed E-state index contributed by atoms with van der Waals surface area (Å²) in [5, 5.41) is 6.32. The van der Waals surface area contributed by atoms with Crippen molar-refractivity contribution < 1.29 is 9.53 Å². The lowest BCUT2D eigenvalue weighted by Crippen LogP contribution is -2.41. The van der Waals surface area contributed by atoms with Gasteiger partial charge in [-0.15, -0.1) is 0 Å². The van der Waals surface area contributed by atoms with Crippen LogP contribution in [0.15, 0.2) is 18.3 Å². The highest BCUT2D eigenvalue weighted by Crippen LogP contribution is 2.15. The number of nitrogens with zero attached hydrogens (tertiary/aromatic N) is 2. The van der Waals surface area contributed by atoms with Crippen LogP contribution in [0, 0.1) is 0 Å². The van der Waals surface area contributed by atoms with E-state index in [0.29, 0.717) is 19.0 Å². The Bertz CT molecular complexity index is 514. The smallest absolute Gasteiger partial charge is 0.221 e. The molecule has 0 spiro atoms. The molecule has 2 unspecified atom stereocenters. The van der Waals surface area contributed by atoms with Crippen LogP contribution >= 0.6 is 0 Å². The molecule has 0 bridgehead atoms. The first-order valence-corrected chi connectivity index (χ1v) is 8.52. The maximum absolute atomic E-state index is 11.9. The quantitative estimate of drug-likeness (QED) is 0.850. The number of carbonyl (C=O) groups is 1. The first-order valence-electron chi connectivity index (χ1n) is 8.52. The van der Waals surface area contributed by atoms with E-state index in [4.69, 9.17) is 4.74 Å². The second-order valence-electron chi connectivity index (χ2n) is 6.43. The van der Waals surface area contributed by atoms with E-state index in [1.54, 1.807) is 0 Å². The molecule has 23 heavy (non-hydrogen) atoms. The Kier molecular flexibility index (Phi) is 5.46. The molecule has 2 aliphatic heterocycles. The lowest BCUT2D eigenvalue weighted by Gasteiger charge is -2.32. The summed E-state index contributed by atoms with van der Waals surface area (Å²) in [5.41, 5.74) is 1.03. The Hall–Kier alpha value is -1.66. The van der Waals surface area contributed by atoms with E-state index < -0.39 is 0 Å². The first-order chi connectivity index (χ1) is 11.2. The number of anilines is 1. The van der Waals surface area contributed by atoms with Gasteiger partial charge in [-0.3, -0.25) is 4.79 Å². The number of aromatic nitrogens is 1. The zero-order valence-corrected chi connectivity index (χ0v) is 13.8.